The SMILES string of the molecule is CCCC(O)O.O=C([O-])CCCCC(=O)[O-].OCCOCCO. The van der Waals surface area contributed by atoms with Crippen LogP contribution in [0.2, 0.25) is 0 Å². The van der Waals surface area contributed by atoms with E-state index < -0.39 is 18.2 Å². The van der Waals surface area contributed by atoms with E-state index in [9.17, 15) is 19.8 Å². The first-order chi connectivity index (χ1) is 10.8. The van der Waals surface area contributed by atoms with Gasteiger partial charge in [-0.2, -0.15) is 0 Å². The molecule has 0 aliphatic heterocycles. The number of aliphatic hydroxyl groups excluding tert-OH is 3. The van der Waals surface area contributed by atoms with Crippen molar-refractivity contribution in [3.05, 3.63) is 0 Å². The fraction of sp³-hybridized carbons (Fsp3) is 0.857. The van der Waals surface area contributed by atoms with Gasteiger partial charge in [0, 0.05) is 11.9 Å². The topological polar surface area (TPSA) is 170 Å². The number of hydrogen-bond acceptors (Lipinski definition) is 9. The fourth-order valence-corrected chi connectivity index (χ4v) is 1.03. The van der Waals surface area contributed by atoms with E-state index in [4.69, 9.17) is 20.4 Å². The van der Waals surface area contributed by atoms with Gasteiger partial charge in [0.1, 0.15) is 0 Å². The summed E-state index contributed by atoms with van der Waals surface area (Å²) in [6.07, 6.45) is 0.750. The largest absolute Gasteiger partial charge is 0.550 e. The van der Waals surface area contributed by atoms with Crippen LogP contribution in [0.1, 0.15) is 45.4 Å². The molecule has 0 saturated carbocycles. The highest BCUT2D eigenvalue weighted by molar-refractivity contribution is 5.65. The lowest BCUT2D eigenvalue weighted by molar-refractivity contribution is -0.308. The van der Waals surface area contributed by atoms with E-state index >= 15 is 0 Å². The maximum Gasteiger partial charge on any atom is 0.151 e. The van der Waals surface area contributed by atoms with E-state index in [1.165, 1.54) is 0 Å². The number of carbonyl (C=O) groups is 2. The molecular weight excluding hydrogens is 312 g/mol. The highest BCUT2D eigenvalue weighted by Gasteiger charge is 1.89. The molecule has 0 aliphatic rings. The molecule has 0 aromatic carbocycles. The predicted molar refractivity (Wildman–Crippen MR) is 76.6 cm³/mol. The zero-order valence-electron chi connectivity index (χ0n) is 13.5. The second-order valence-electron chi connectivity index (χ2n) is 4.28. The molecule has 4 N–H and O–H groups in total. The summed E-state index contributed by atoms with van der Waals surface area (Å²) in [5.41, 5.74) is 0. The van der Waals surface area contributed by atoms with Gasteiger partial charge in [-0.15, -0.1) is 0 Å². The van der Waals surface area contributed by atoms with Gasteiger partial charge < -0.3 is 45.0 Å². The van der Waals surface area contributed by atoms with E-state index in [1.54, 1.807) is 0 Å². The second kappa shape index (κ2) is 23.0. The molecule has 0 bridgehead atoms. The van der Waals surface area contributed by atoms with Crippen molar-refractivity contribution in [3.8, 4) is 0 Å². The minimum atomic E-state index is -1.14. The highest BCUT2D eigenvalue weighted by Crippen LogP contribution is 1.96. The minimum absolute atomic E-state index is 0.0278. The van der Waals surface area contributed by atoms with Gasteiger partial charge >= 0.3 is 0 Å². The molecule has 0 aromatic rings. The van der Waals surface area contributed by atoms with Gasteiger partial charge in [0.2, 0.25) is 0 Å². The summed E-state index contributed by atoms with van der Waals surface area (Å²) in [6.45, 7) is 2.60. The van der Waals surface area contributed by atoms with E-state index in [2.05, 4.69) is 4.74 Å². The van der Waals surface area contributed by atoms with Crippen molar-refractivity contribution < 1.29 is 45.0 Å². The van der Waals surface area contributed by atoms with Crippen LogP contribution in [0.5, 0.6) is 0 Å². The number of carboxylic acids is 2. The number of rotatable bonds is 11. The number of hydrogen-bond donors (Lipinski definition) is 4. The van der Waals surface area contributed by atoms with Crippen molar-refractivity contribution in [3.63, 3.8) is 0 Å². The highest BCUT2D eigenvalue weighted by atomic mass is 16.5. The molecule has 0 spiro atoms. The van der Waals surface area contributed by atoms with Crippen molar-refractivity contribution in [2.45, 2.75) is 51.7 Å². The molecule has 0 rings (SSSR count). The minimum Gasteiger partial charge on any atom is -0.550 e. The number of unbranched alkanes of at least 4 members (excludes halogenated alkanes) is 1. The number of carbonyl (C=O) groups excluding carboxylic acids is 2. The Hall–Kier alpha value is -1.26. The standard InChI is InChI=1S/C6H10O4.C4H10O3.C4H10O2/c7-5(8)3-1-2-4-6(9)10;5-1-3-7-4-2-6;1-2-3-4(5)6/h1-4H2,(H,7,8)(H,9,10);5-6H,1-4H2;4-6H,2-3H2,1H3/p-2. The summed E-state index contributed by atoms with van der Waals surface area (Å²) >= 11 is 0. The third-order valence-corrected chi connectivity index (χ3v) is 2.03. The molecular formula is C14H28O9-2. The smallest absolute Gasteiger partial charge is 0.151 e. The average molecular weight is 340 g/mol. The Morgan fingerprint density at radius 3 is 1.52 bits per heavy atom. The molecule has 23 heavy (non-hydrogen) atoms. The van der Waals surface area contributed by atoms with Gasteiger partial charge in [-0.1, -0.05) is 13.3 Å². The predicted octanol–water partition coefficient (Wildman–Crippen LogP) is -2.87. The van der Waals surface area contributed by atoms with Crippen molar-refractivity contribution >= 4 is 11.9 Å². The molecule has 0 fully saturated rings. The van der Waals surface area contributed by atoms with Crippen molar-refractivity contribution in [1.82, 2.24) is 0 Å². The Balaban J connectivity index is -0.000000272. The van der Waals surface area contributed by atoms with Crippen molar-refractivity contribution in [1.29, 1.82) is 0 Å². The Bertz CT molecular complexity index is 237. The van der Waals surface area contributed by atoms with Crippen LogP contribution in [0.25, 0.3) is 0 Å². The number of aliphatic hydroxyl groups is 4. The summed E-state index contributed by atoms with van der Waals surface area (Å²) in [4.78, 5) is 19.5. The van der Waals surface area contributed by atoms with Crippen LogP contribution < -0.4 is 10.2 Å². The number of ether oxygens (including phenoxy) is 1. The molecule has 0 unspecified atom stereocenters. The van der Waals surface area contributed by atoms with E-state index in [1.807, 2.05) is 6.92 Å². The molecule has 0 aromatic heterocycles. The lowest BCUT2D eigenvalue weighted by Crippen LogP contribution is -2.23. The fourth-order valence-electron chi connectivity index (χ4n) is 1.03. The third kappa shape index (κ3) is 44.9. The molecule has 0 amide bonds. The molecule has 0 saturated heterocycles. The van der Waals surface area contributed by atoms with Crippen LogP contribution in [0.15, 0.2) is 0 Å². The Kier molecular flexibility index (Phi) is 26.6. The first-order valence-corrected chi connectivity index (χ1v) is 7.37. The normalized spacial score (nSPS) is 9.48. The Morgan fingerprint density at radius 2 is 1.35 bits per heavy atom. The van der Waals surface area contributed by atoms with Crippen LogP contribution in [0, 0.1) is 0 Å². The summed E-state index contributed by atoms with van der Waals surface area (Å²) in [6, 6.07) is 0. The van der Waals surface area contributed by atoms with Crippen LogP contribution in [-0.2, 0) is 14.3 Å². The number of carboxylic acid groups (broad SMARTS) is 2. The molecule has 140 valence electrons. The maximum atomic E-state index is 9.77. The first-order valence-electron chi connectivity index (χ1n) is 7.37. The average Bonchev–Trinajstić information content (AvgIpc) is 2.45. The van der Waals surface area contributed by atoms with Crippen LogP contribution in [0.3, 0.4) is 0 Å². The number of aliphatic carboxylic acids is 2. The van der Waals surface area contributed by atoms with E-state index in [0.717, 1.165) is 6.42 Å². The van der Waals surface area contributed by atoms with Crippen LogP contribution in [-0.4, -0.2) is 65.1 Å². The van der Waals surface area contributed by atoms with Gasteiger partial charge in [-0.3, -0.25) is 0 Å². The first kappa shape index (κ1) is 26.6. The lowest BCUT2D eigenvalue weighted by Gasteiger charge is -2.01. The molecule has 0 heterocycles. The summed E-state index contributed by atoms with van der Waals surface area (Å²) in [5, 5.41) is 51.9. The van der Waals surface area contributed by atoms with Gasteiger partial charge in [-0.05, 0) is 32.1 Å². The Labute approximate surface area is 136 Å². The quantitative estimate of drug-likeness (QED) is 0.228. The van der Waals surface area contributed by atoms with Crippen LogP contribution >= 0.6 is 0 Å². The van der Waals surface area contributed by atoms with E-state index in [-0.39, 0.29) is 26.1 Å². The van der Waals surface area contributed by atoms with Gasteiger partial charge in [-0.25, -0.2) is 0 Å². The Morgan fingerprint density at radius 1 is 0.957 bits per heavy atom. The van der Waals surface area contributed by atoms with Crippen molar-refractivity contribution in [2.24, 2.45) is 0 Å². The van der Waals surface area contributed by atoms with Gasteiger partial charge in [0.15, 0.2) is 6.29 Å². The van der Waals surface area contributed by atoms with E-state index in [0.29, 0.717) is 32.5 Å². The zero-order valence-corrected chi connectivity index (χ0v) is 13.5. The van der Waals surface area contributed by atoms with Gasteiger partial charge in [0.05, 0.1) is 26.4 Å². The van der Waals surface area contributed by atoms with Crippen molar-refractivity contribution in [2.75, 3.05) is 26.4 Å². The lowest BCUT2D eigenvalue weighted by atomic mass is 10.2. The molecule has 0 atom stereocenters. The maximum absolute atomic E-state index is 9.77. The zero-order chi connectivity index (χ0) is 18.5. The molecule has 9 heteroatoms. The third-order valence-electron chi connectivity index (χ3n) is 2.03. The molecule has 0 radical (unpaired) electrons. The summed E-state index contributed by atoms with van der Waals surface area (Å²) in [5.74, 6) is -2.28. The monoisotopic (exact) mass is 340 g/mol. The van der Waals surface area contributed by atoms with Gasteiger partial charge in [0.25, 0.3) is 0 Å². The molecule has 9 nitrogen and oxygen atoms in total. The summed E-state index contributed by atoms with van der Waals surface area (Å²) in [7, 11) is 0. The molecule has 0 aliphatic carbocycles. The summed E-state index contributed by atoms with van der Waals surface area (Å²) < 4.78 is 4.63. The second-order valence-corrected chi connectivity index (χ2v) is 4.28. The van der Waals surface area contributed by atoms with Crippen LogP contribution in [0.4, 0.5) is 0 Å².